The number of ether oxygens (including phenoxy) is 1. The van der Waals surface area contributed by atoms with Crippen LogP contribution < -0.4 is 20.8 Å². The van der Waals surface area contributed by atoms with Gasteiger partial charge in [-0.15, -0.1) is 0 Å². The van der Waals surface area contributed by atoms with Crippen LogP contribution >= 0.6 is 0 Å². The molecule has 3 fully saturated rings. The van der Waals surface area contributed by atoms with Crippen LogP contribution in [-0.2, 0) is 0 Å². The molecule has 0 amide bonds. The van der Waals surface area contributed by atoms with Gasteiger partial charge in [-0.3, -0.25) is 4.79 Å². The summed E-state index contributed by atoms with van der Waals surface area (Å²) >= 11 is 0. The van der Waals surface area contributed by atoms with E-state index in [9.17, 15) is 14.7 Å². The van der Waals surface area contributed by atoms with Gasteiger partial charge in [-0.2, -0.15) is 0 Å². The molecule has 1 aliphatic heterocycles. The highest BCUT2D eigenvalue weighted by molar-refractivity contribution is 5.97. The number of halogens is 1. The van der Waals surface area contributed by atoms with Gasteiger partial charge in [0.1, 0.15) is 11.3 Å². The molecule has 8 heteroatoms. The number of aromatic nitrogens is 1. The molecule has 148 valence electrons. The van der Waals surface area contributed by atoms with Crippen LogP contribution in [0.3, 0.4) is 0 Å². The molecule has 2 aliphatic carbocycles. The lowest BCUT2D eigenvalue weighted by Crippen LogP contribution is -2.42. The lowest BCUT2D eigenvalue weighted by molar-refractivity contribution is 0.0695. The zero-order chi connectivity index (χ0) is 19.7. The van der Waals surface area contributed by atoms with Gasteiger partial charge >= 0.3 is 5.97 Å². The molecule has 7 nitrogen and oxygen atoms in total. The molecule has 0 spiro atoms. The molecule has 1 saturated heterocycles. The maximum Gasteiger partial charge on any atom is 0.341 e. The molecule has 3 atom stereocenters. The second-order valence-electron chi connectivity index (χ2n) is 8.08. The van der Waals surface area contributed by atoms with Gasteiger partial charge in [0, 0.05) is 30.9 Å². The van der Waals surface area contributed by atoms with Gasteiger partial charge in [-0.05, 0) is 37.7 Å². The van der Waals surface area contributed by atoms with E-state index in [0.29, 0.717) is 23.7 Å². The average molecular weight is 387 g/mol. The third-order valence-electron chi connectivity index (χ3n) is 6.51. The maximum absolute atomic E-state index is 15.3. The van der Waals surface area contributed by atoms with E-state index < -0.39 is 17.2 Å². The van der Waals surface area contributed by atoms with Crippen molar-refractivity contribution in [3.05, 3.63) is 33.9 Å². The van der Waals surface area contributed by atoms with E-state index in [2.05, 4.69) is 0 Å². The minimum atomic E-state index is -1.31. The van der Waals surface area contributed by atoms with Crippen molar-refractivity contribution in [3.8, 4) is 5.75 Å². The van der Waals surface area contributed by atoms with E-state index >= 15 is 4.39 Å². The first-order chi connectivity index (χ1) is 13.4. The number of fused-ring (bicyclic) bond motifs is 2. The molecule has 3 N–H and O–H groups in total. The Bertz CT molecular complexity index is 1060. The number of rotatable bonds is 4. The Morgan fingerprint density at radius 3 is 2.61 bits per heavy atom. The summed E-state index contributed by atoms with van der Waals surface area (Å²) in [7, 11) is 1.46. The molecule has 2 saturated carbocycles. The van der Waals surface area contributed by atoms with Crippen LogP contribution in [0.2, 0.25) is 0 Å². The Morgan fingerprint density at radius 1 is 1.32 bits per heavy atom. The van der Waals surface area contributed by atoms with Crippen LogP contribution in [0, 0.1) is 11.7 Å². The van der Waals surface area contributed by atoms with Gasteiger partial charge in [-0.1, -0.05) is 0 Å². The minimum Gasteiger partial charge on any atom is -0.492 e. The zero-order valence-corrected chi connectivity index (χ0v) is 15.5. The van der Waals surface area contributed by atoms with Crippen LogP contribution in [-0.4, -0.2) is 41.4 Å². The number of hydrogen-bond donors (Lipinski definition) is 2. The van der Waals surface area contributed by atoms with Crippen LogP contribution in [0.4, 0.5) is 10.1 Å². The summed E-state index contributed by atoms with van der Waals surface area (Å²) in [4.78, 5) is 26.3. The zero-order valence-electron chi connectivity index (χ0n) is 15.5. The SMILES string of the molecule is COc1c(N2CC(N)C3CCC32)c(F)cc2c(=O)c(C(=O)O)cn(C3CC3)c12. The summed E-state index contributed by atoms with van der Waals surface area (Å²) in [5, 5.41) is 9.46. The third-order valence-corrected chi connectivity index (χ3v) is 6.51. The lowest BCUT2D eigenvalue weighted by atomic mass is 9.78. The van der Waals surface area contributed by atoms with Gasteiger partial charge in [-0.25, -0.2) is 9.18 Å². The fraction of sp³-hybridized carbons (Fsp3) is 0.500. The van der Waals surface area contributed by atoms with Crippen molar-refractivity contribution >= 4 is 22.6 Å². The number of nitrogens with zero attached hydrogens (tertiary/aromatic N) is 2. The largest absolute Gasteiger partial charge is 0.492 e. The molecule has 3 aliphatic rings. The fourth-order valence-electron chi connectivity index (χ4n) is 4.85. The van der Waals surface area contributed by atoms with E-state index in [1.165, 1.54) is 19.4 Å². The number of aromatic carboxylic acids is 1. The van der Waals surface area contributed by atoms with Gasteiger partial charge in [0.2, 0.25) is 5.43 Å². The predicted molar refractivity (Wildman–Crippen MR) is 102 cm³/mol. The van der Waals surface area contributed by atoms with Crippen molar-refractivity contribution in [2.75, 3.05) is 18.6 Å². The van der Waals surface area contributed by atoms with Gasteiger partial charge in [0.15, 0.2) is 11.6 Å². The molecular weight excluding hydrogens is 365 g/mol. The van der Waals surface area contributed by atoms with Crippen LogP contribution in [0.15, 0.2) is 17.1 Å². The van der Waals surface area contributed by atoms with Gasteiger partial charge in [0.25, 0.3) is 0 Å². The predicted octanol–water partition coefficient (Wildman–Crippen LogP) is 2.11. The number of benzene rings is 1. The van der Waals surface area contributed by atoms with Crippen molar-refractivity contribution in [1.82, 2.24) is 4.57 Å². The summed E-state index contributed by atoms with van der Waals surface area (Å²) in [6.45, 7) is 0.537. The molecule has 5 rings (SSSR count). The van der Waals surface area contributed by atoms with E-state index in [1.54, 1.807) is 4.57 Å². The number of hydrogen-bond acceptors (Lipinski definition) is 5. The molecule has 0 radical (unpaired) electrons. The molecule has 28 heavy (non-hydrogen) atoms. The lowest BCUT2D eigenvalue weighted by Gasteiger charge is -2.38. The van der Waals surface area contributed by atoms with Gasteiger partial charge < -0.3 is 25.0 Å². The molecule has 2 heterocycles. The van der Waals surface area contributed by atoms with E-state index in [4.69, 9.17) is 10.5 Å². The summed E-state index contributed by atoms with van der Waals surface area (Å²) in [6, 6.07) is 1.41. The van der Waals surface area contributed by atoms with Crippen LogP contribution in [0.1, 0.15) is 42.1 Å². The number of carboxylic acid groups (broad SMARTS) is 1. The Balaban J connectivity index is 1.81. The minimum absolute atomic E-state index is 0.0152. The molecule has 1 aromatic carbocycles. The van der Waals surface area contributed by atoms with E-state index in [0.717, 1.165) is 25.7 Å². The molecule has 2 aromatic rings. The monoisotopic (exact) mass is 387 g/mol. The average Bonchev–Trinajstić information content (AvgIpc) is 3.41. The topological polar surface area (TPSA) is 97.8 Å². The number of carbonyl (C=O) groups is 1. The Hall–Kier alpha value is -2.61. The maximum atomic E-state index is 15.3. The van der Waals surface area contributed by atoms with Crippen molar-refractivity contribution in [1.29, 1.82) is 0 Å². The Morgan fingerprint density at radius 2 is 2.07 bits per heavy atom. The Kier molecular flexibility index (Phi) is 3.71. The highest BCUT2D eigenvalue weighted by Gasteiger charge is 2.47. The smallest absolute Gasteiger partial charge is 0.341 e. The van der Waals surface area contributed by atoms with E-state index in [1.807, 2.05) is 4.90 Å². The molecule has 0 bridgehead atoms. The van der Waals surface area contributed by atoms with Gasteiger partial charge in [0.05, 0.1) is 18.0 Å². The Labute approximate surface area is 160 Å². The highest BCUT2D eigenvalue weighted by atomic mass is 19.1. The van der Waals surface area contributed by atoms with Crippen molar-refractivity contribution in [3.63, 3.8) is 0 Å². The third kappa shape index (κ3) is 2.30. The summed E-state index contributed by atoms with van der Waals surface area (Å²) < 4.78 is 22.7. The quantitative estimate of drug-likeness (QED) is 0.834. The van der Waals surface area contributed by atoms with Crippen LogP contribution in [0.5, 0.6) is 5.75 Å². The highest BCUT2D eigenvalue weighted by Crippen LogP contribution is 2.48. The first-order valence-electron chi connectivity index (χ1n) is 9.63. The fourth-order valence-corrected chi connectivity index (χ4v) is 4.85. The standard InChI is InChI=1S/C20H22FN3O4/c1-28-19-16-11(18(25)12(20(26)27)7-23(16)9-2-3-9)6-13(21)17(19)24-8-14(22)10-4-5-15(10)24/h6-7,9-10,14-15H,2-5,8,22H2,1H3,(H,26,27). The van der Waals surface area contributed by atoms with Crippen molar-refractivity contribution < 1.29 is 19.0 Å². The molecular formula is C20H22FN3O4. The van der Waals surface area contributed by atoms with Crippen LogP contribution in [0.25, 0.3) is 10.9 Å². The molecule has 1 aromatic heterocycles. The summed E-state index contributed by atoms with van der Waals surface area (Å²) in [5.41, 5.74) is 5.99. The number of nitrogens with two attached hydrogens (primary N) is 1. The van der Waals surface area contributed by atoms with Crippen molar-refractivity contribution in [2.24, 2.45) is 11.7 Å². The number of anilines is 1. The van der Waals surface area contributed by atoms with Crippen molar-refractivity contribution in [2.45, 2.75) is 43.8 Å². The summed E-state index contributed by atoms with van der Waals surface area (Å²) in [5.74, 6) is -1.26. The van der Waals surface area contributed by atoms with E-state index in [-0.39, 0.29) is 34.8 Å². The first kappa shape index (κ1) is 17.5. The first-order valence-corrected chi connectivity index (χ1v) is 9.63. The number of methoxy groups -OCH3 is 1. The second-order valence-corrected chi connectivity index (χ2v) is 8.08. The molecule has 3 unspecified atom stereocenters. The second kappa shape index (κ2) is 5.94. The summed E-state index contributed by atoms with van der Waals surface area (Å²) in [6.07, 6.45) is 5.12. The number of pyridine rings is 1. The number of carboxylic acids is 1. The normalized spacial score (nSPS) is 26.2.